The average molecular weight is 396 g/mol. The summed E-state index contributed by atoms with van der Waals surface area (Å²) in [6.07, 6.45) is 1.59. The maximum Gasteiger partial charge on any atom is 0.328 e. The normalized spacial score (nSPS) is 13.3. The third-order valence-corrected chi connectivity index (χ3v) is 4.96. The van der Waals surface area contributed by atoms with Gasteiger partial charge in [0.05, 0.1) is 17.0 Å². The monoisotopic (exact) mass is 395 g/mol. The number of esters is 1. The summed E-state index contributed by atoms with van der Waals surface area (Å²) < 4.78 is 16.5. The summed E-state index contributed by atoms with van der Waals surface area (Å²) >= 11 is 1.24. The second-order valence-corrected chi connectivity index (χ2v) is 8.30. The van der Waals surface area contributed by atoms with Crippen LogP contribution in [0.15, 0.2) is 29.6 Å². The van der Waals surface area contributed by atoms with Crippen LogP contribution in [0.5, 0.6) is 5.75 Å². The summed E-state index contributed by atoms with van der Waals surface area (Å²) in [5.41, 5.74) is 6.64. The van der Waals surface area contributed by atoms with E-state index in [1.807, 2.05) is 13.8 Å². The zero-order chi connectivity index (χ0) is 19.3. The molecule has 140 valence electrons. The van der Waals surface area contributed by atoms with Crippen LogP contribution in [0.1, 0.15) is 29.9 Å². The van der Waals surface area contributed by atoms with Gasteiger partial charge in [-0.15, -0.1) is 11.3 Å². The molecule has 9 heteroatoms. The molecule has 2 atom stereocenters. The van der Waals surface area contributed by atoms with Crippen LogP contribution in [0.3, 0.4) is 0 Å². The lowest BCUT2D eigenvalue weighted by molar-refractivity contribution is -0.136. The van der Waals surface area contributed by atoms with Gasteiger partial charge in [0.15, 0.2) is 5.13 Å². The first-order valence-electron chi connectivity index (χ1n) is 7.90. The molecule has 2 aromatic rings. The minimum absolute atomic E-state index is 0.0821. The molecule has 0 saturated heterocycles. The SMILES string of the molecule is CC(C)C(N)C(=O)Oc1ccccc1C(=O)Nc1nc(CS(C)=O)cs1. The fourth-order valence-corrected chi connectivity index (χ4v) is 3.37. The first kappa shape index (κ1) is 20.2. The summed E-state index contributed by atoms with van der Waals surface area (Å²) in [6.45, 7) is 3.63. The van der Waals surface area contributed by atoms with Crippen LogP contribution in [0.25, 0.3) is 0 Å². The molecule has 1 heterocycles. The first-order chi connectivity index (χ1) is 12.3. The number of rotatable bonds is 7. The van der Waals surface area contributed by atoms with Gasteiger partial charge in [-0.05, 0) is 18.1 Å². The number of carbonyl (C=O) groups excluding carboxylic acids is 2. The van der Waals surface area contributed by atoms with Crippen LogP contribution in [-0.2, 0) is 21.3 Å². The molecular formula is C17H21N3O4S2. The molecule has 0 fully saturated rings. The van der Waals surface area contributed by atoms with Gasteiger partial charge in [0, 0.05) is 22.4 Å². The van der Waals surface area contributed by atoms with Crippen molar-refractivity contribution in [2.45, 2.75) is 25.6 Å². The van der Waals surface area contributed by atoms with Gasteiger partial charge in [-0.2, -0.15) is 0 Å². The van der Waals surface area contributed by atoms with Crippen LogP contribution in [0.4, 0.5) is 5.13 Å². The molecule has 0 aliphatic heterocycles. The standard InChI is InChI=1S/C17H21N3O4S2/c1-10(2)14(18)16(22)24-13-7-5-4-6-12(13)15(21)20-17-19-11(8-25-17)9-26(3)23/h4-8,10,14H,9,18H2,1-3H3,(H,19,20,21). The van der Waals surface area contributed by atoms with Gasteiger partial charge >= 0.3 is 5.97 Å². The second kappa shape index (κ2) is 9.02. The maximum atomic E-state index is 12.5. The largest absolute Gasteiger partial charge is 0.425 e. The molecule has 0 spiro atoms. The van der Waals surface area contributed by atoms with Crippen molar-refractivity contribution >= 4 is 39.1 Å². The molecule has 0 bridgehead atoms. The summed E-state index contributed by atoms with van der Waals surface area (Å²) in [4.78, 5) is 28.8. The van der Waals surface area contributed by atoms with Crippen molar-refractivity contribution in [1.29, 1.82) is 0 Å². The van der Waals surface area contributed by atoms with E-state index in [0.717, 1.165) is 0 Å². The maximum absolute atomic E-state index is 12.5. The van der Waals surface area contributed by atoms with E-state index in [1.54, 1.807) is 29.8 Å². The van der Waals surface area contributed by atoms with Crippen molar-refractivity contribution in [3.8, 4) is 5.75 Å². The van der Waals surface area contributed by atoms with Crippen molar-refractivity contribution < 1.29 is 18.5 Å². The molecular weight excluding hydrogens is 374 g/mol. The fourth-order valence-electron chi connectivity index (χ4n) is 2.00. The molecule has 1 aromatic carbocycles. The number of para-hydroxylation sites is 1. The number of hydrogen-bond acceptors (Lipinski definition) is 7. The predicted molar refractivity (Wildman–Crippen MR) is 103 cm³/mol. The van der Waals surface area contributed by atoms with Crippen LogP contribution in [-0.4, -0.2) is 33.4 Å². The number of nitrogens with zero attached hydrogens (tertiary/aromatic N) is 1. The van der Waals surface area contributed by atoms with E-state index in [9.17, 15) is 13.8 Å². The number of carbonyl (C=O) groups is 2. The van der Waals surface area contributed by atoms with E-state index in [2.05, 4.69) is 10.3 Å². The second-order valence-electron chi connectivity index (χ2n) is 6.00. The van der Waals surface area contributed by atoms with Crippen LogP contribution in [0, 0.1) is 5.92 Å². The van der Waals surface area contributed by atoms with Gasteiger partial charge in [-0.3, -0.25) is 14.3 Å². The van der Waals surface area contributed by atoms with Crippen LogP contribution < -0.4 is 15.8 Å². The first-order valence-corrected chi connectivity index (χ1v) is 10.5. The molecule has 0 aliphatic rings. The molecule has 26 heavy (non-hydrogen) atoms. The average Bonchev–Trinajstić information content (AvgIpc) is 3.00. The van der Waals surface area contributed by atoms with E-state index in [1.165, 1.54) is 17.4 Å². The van der Waals surface area contributed by atoms with Crippen molar-refractivity contribution in [3.63, 3.8) is 0 Å². The van der Waals surface area contributed by atoms with E-state index in [4.69, 9.17) is 10.5 Å². The number of anilines is 1. The van der Waals surface area contributed by atoms with Crippen LogP contribution in [0.2, 0.25) is 0 Å². The minimum atomic E-state index is -1.01. The van der Waals surface area contributed by atoms with Crippen LogP contribution >= 0.6 is 11.3 Å². The Bertz CT molecular complexity index is 820. The molecule has 0 aliphatic carbocycles. The summed E-state index contributed by atoms with van der Waals surface area (Å²) in [5, 5.41) is 4.79. The molecule has 3 N–H and O–H groups in total. The molecule has 7 nitrogen and oxygen atoms in total. The molecule has 1 amide bonds. The van der Waals surface area contributed by atoms with Gasteiger partial charge in [0.25, 0.3) is 5.91 Å². The topological polar surface area (TPSA) is 111 Å². The number of thiazole rings is 1. The highest BCUT2D eigenvalue weighted by molar-refractivity contribution is 7.83. The Morgan fingerprint density at radius 2 is 2.04 bits per heavy atom. The van der Waals surface area contributed by atoms with Crippen molar-refractivity contribution in [2.24, 2.45) is 11.7 Å². The predicted octanol–water partition coefficient (Wildman–Crippen LogP) is 2.16. The zero-order valence-electron chi connectivity index (χ0n) is 14.7. The smallest absolute Gasteiger partial charge is 0.328 e. The lowest BCUT2D eigenvalue weighted by Crippen LogP contribution is -2.38. The Labute approximate surface area is 158 Å². The minimum Gasteiger partial charge on any atom is -0.425 e. The quantitative estimate of drug-likeness (QED) is 0.549. The molecule has 0 radical (unpaired) electrons. The Morgan fingerprint density at radius 3 is 2.69 bits per heavy atom. The lowest BCUT2D eigenvalue weighted by atomic mass is 10.1. The fraction of sp³-hybridized carbons (Fsp3) is 0.353. The van der Waals surface area contributed by atoms with Gasteiger partial charge < -0.3 is 10.5 Å². The number of ether oxygens (including phenoxy) is 1. The summed E-state index contributed by atoms with van der Waals surface area (Å²) in [6, 6.07) is 5.64. The number of nitrogens with two attached hydrogens (primary N) is 1. The Morgan fingerprint density at radius 1 is 1.35 bits per heavy atom. The number of benzene rings is 1. The van der Waals surface area contributed by atoms with E-state index in [0.29, 0.717) is 16.6 Å². The van der Waals surface area contributed by atoms with Crippen molar-refractivity contribution in [1.82, 2.24) is 4.98 Å². The summed E-state index contributed by atoms with van der Waals surface area (Å²) in [5.74, 6) is -0.667. The number of nitrogens with one attached hydrogen (secondary N) is 1. The van der Waals surface area contributed by atoms with Crippen molar-refractivity contribution in [2.75, 3.05) is 11.6 Å². The summed E-state index contributed by atoms with van der Waals surface area (Å²) in [7, 11) is -1.01. The van der Waals surface area contributed by atoms with E-state index >= 15 is 0 Å². The molecule has 2 unspecified atom stereocenters. The van der Waals surface area contributed by atoms with Gasteiger partial charge in [0.1, 0.15) is 11.8 Å². The molecule has 0 saturated carbocycles. The van der Waals surface area contributed by atoms with Gasteiger partial charge in [0.2, 0.25) is 0 Å². The Hall–Kier alpha value is -2.10. The zero-order valence-corrected chi connectivity index (χ0v) is 16.4. The highest BCUT2D eigenvalue weighted by Gasteiger charge is 2.22. The third kappa shape index (κ3) is 5.45. The molecule has 2 rings (SSSR count). The number of amides is 1. The third-order valence-electron chi connectivity index (χ3n) is 3.46. The van der Waals surface area contributed by atoms with Gasteiger partial charge in [-0.25, -0.2) is 9.78 Å². The Balaban J connectivity index is 2.13. The van der Waals surface area contributed by atoms with E-state index in [-0.39, 0.29) is 17.2 Å². The molecule has 1 aromatic heterocycles. The highest BCUT2D eigenvalue weighted by atomic mass is 32.2. The van der Waals surface area contributed by atoms with Crippen molar-refractivity contribution in [3.05, 3.63) is 40.9 Å². The number of aromatic nitrogens is 1. The Kier molecular flexibility index (Phi) is 7.01. The van der Waals surface area contributed by atoms with Gasteiger partial charge in [-0.1, -0.05) is 26.0 Å². The number of hydrogen-bond donors (Lipinski definition) is 2. The van der Waals surface area contributed by atoms with E-state index < -0.39 is 28.7 Å². The lowest BCUT2D eigenvalue weighted by Gasteiger charge is -2.15. The highest BCUT2D eigenvalue weighted by Crippen LogP contribution is 2.22.